The molecule has 2 amide bonds. The van der Waals surface area contributed by atoms with E-state index in [0.29, 0.717) is 36.4 Å². The SMILES string of the molecule is C=C1CCC(N2Cc3cc(O[C@@H]4CCCCC[C@H]4N4CC5(COC5)C4)ccc3C2=O)C(=O)N1. The van der Waals surface area contributed by atoms with Crippen molar-refractivity contribution in [3.63, 3.8) is 0 Å². The van der Waals surface area contributed by atoms with E-state index in [1.807, 2.05) is 18.2 Å². The highest BCUT2D eigenvalue weighted by Crippen LogP contribution is 2.41. The Hall–Kier alpha value is -2.38. The van der Waals surface area contributed by atoms with Gasteiger partial charge in [-0.3, -0.25) is 14.5 Å². The number of allylic oxidation sites excluding steroid dienone is 1. The summed E-state index contributed by atoms with van der Waals surface area (Å²) < 4.78 is 12.1. The largest absolute Gasteiger partial charge is 0.489 e. The molecule has 4 aliphatic heterocycles. The van der Waals surface area contributed by atoms with Gasteiger partial charge in [-0.15, -0.1) is 0 Å². The lowest BCUT2D eigenvalue weighted by Crippen LogP contribution is -2.69. The van der Waals surface area contributed by atoms with Crippen LogP contribution in [-0.2, 0) is 16.1 Å². The van der Waals surface area contributed by atoms with E-state index in [0.717, 1.165) is 49.7 Å². The van der Waals surface area contributed by atoms with Crippen molar-refractivity contribution in [3.8, 4) is 5.75 Å². The standard InChI is InChI=1S/C26H33N3O4/c1-17-7-10-22(24(30)27-17)29-12-18-11-19(8-9-20(18)25(29)31)33-23-6-4-2-3-5-21(23)28-13-26(14-28)15-32-16-26/h8-9,11,21-23H,1-7,10,12-16H2,(H,27,30)/t21-,22?,23-/m1/s1. The second-order valence-electron chi connectivity index (χ2n) is 10.7. The number of amides is 2. The second-order valence-corrected chi connectivity index (χ2v) is 10.7. The maximum atomic E-state index is 13.0. The molecule has 0 aromatic heterocycles. The average Bonchev–Trinajstić information content (AvgIpc) is 2.89. The summed E-state index contributed by atoms with van der Waals surface area (Å²) in [4.78, 5) is 29.8. The number of fused-ring (bicyclic) bond motifs is 1. The highest BCUT2D eigenvalue weighted by Gasteiger charge is 2.52. The van der Waals surface area contributed by atoms with Gasteiger partial charge in [-0.2, -0.15) is 0 Å². The first kappa shape index (κ1) is 21.2. The molecule has 0 radical (unpaired) electrons. The van der Waals surface area contributed by atoms with Gasteiger partial charge in [0.1, 0.15) is 17.9 Å². The summed E-state index contributed by atoms with van der Waals surface area (Å²) >= 11 is 0. The number of carbonyl (C=O) groups is 2. The minimum absolute atomic E-state index is 0.0647. The predicted molar refractivity (Wildman–Crippen MR) is 123 cm³/mol. The van der Waals surface area contributed by atoms with Crippen LogP contribution >= 0.6 is 0 Å². The molecule has 1 aromatic rings. The van der Waals surface area contributed by atoms with Gasteiger partial charge in [0, 0.05) is 42.4 Å². The van der Waals surface area contributed by atoms with Gasteiger partial charge in [0.15, 0.2) is 0 Å². The van der Waals surface area contributed by atoms with Gasteiger partial charge >= 0.3 is 0 Å². The third-order valence-electron chi connectivity index (χ3n) is 8.17. The number of rotatable bonds is 4. The zero-order valence-electron chi connectivity index (χ0n) is 19.2. The minimum atomic E-state index is -0.430. The summed E-state index contributed by atoms with van der Waals surface area (Å²) in [7, 11) is 0. The van der Waals surface area contributed by atoms with Crippen LogP contribution in [0.5, 0.6) is 5.75 Å². The number of ether oxygens (including phenoxy) is 2. The van der Waals surface area contributed by atoms with Gasteiger partial charge in [0.2, 0.25) is 5.91 Å². The van der Waals surface area contributed by atoms with Crippen LogP contribution in [0.25, 0.3) is 0 Å². The molecule has 7 heteroatoms. The van der Waals surface area contributed by atoms with Gasteiger partial charge in [0.05, 0.1) is 13.2 Å². The van der Waals surface area contributed by atoms with E-state index in [1.54, 1.807) is 4.90 Å². The fourth-order valence-electron chi connectivity index (χ4n) is 6.31. The van der Waals surface area contributed by atoms with Crippen LogP contribution in [0.4, 0.5) is 0 Å². The van der Waals surface area contributed by atoms with Crippen LogP contribution in [0.1, 0.15) is 60.9 Å². The molecule has 176 valence electrons. The third kappa shape index (κ3) is 3.75. The number of hydrogen-bond acceptors (Lipinski definition) is 5. The zero-order chi connectivity index (χ0) is 22.6. The summed E-state index contributed by atoms with van der Waals surface area (Å²) in [6.07, 6.45) is 7.48. The van der Waals surface area contributed by atoms with Gasteiger partial charge < -0.3 is 19.7 Å². The summed E-state index contributed by atoms with van der Waals surface area (Å²) in [5.74, 6) is 0.642. The van der Waals surface area contributed by atoms with E-state index in [4.69, 9.17) is 9.47 Å². The lowest BCUT2D eigenvalue weighted by molar-refractivity contribution is -0.205. The van der Waals surface area contributed by atoms with E-state index in [9.17, 15) is 9.59 Å². The predicted octanol–water partition coefficient (Wildman–Crippen LogP) is 2.85. The van der Waals surface area contributed by atoms with Crippen molar-refractivity contribution >= 4 is 11.8 Å². The molecule has 3 saturated heterocycles. The molecule has 1 saturated carbocycles. The highest BCUT2D eigenvalue weighted by atomic mass is 16.5. The molecule has 1 spiro atoms. The van der Waals surface area contributed by atoms with E-state index >= 15 is 0 Å². The number of carbonyl (C=O) groups excluding carboxylic acids is 2. The molecule has 5 aliphatic rings. The molecule has 33 heavy (non-hydrogen) atoms. The van der Waals surface area contributed by atoms with E-state index in [-0.39, 0.29) is 17.9 Å². The Morgan fingerprint density at radius 3 is 2.67 bits per heavy atom. The van der Waals surface area contributed by atoms with Gasteiger partial charge in [-0.05, 0) is 55.9 Å². The molecular formula is C26H33N3O4. The first-order chi connectivity index (χ1) is 16.0. The lowest BCUT2D eigenvalue weighted by atomic mass is 9.76. The minimum Gasteiger partial charge on any atom is -0.489 e. The average molecular weight is 452 g/mol. The molecule has 3 atom stereocenters. The molecule has 7 nitrogen and oxygen atoms in total. The molecule has 1 aromatic carbocycles. The Labute approximate surface area is 195 Å². The lowest BCUT2D eigenvalue weighted by Gasteiger charge is -2.58. The van der Waals surface area contributed by atoms with Crippen LogP contribution in [0, 0.1) is 5.41 Å². The van der Waals surface area contributed by atoms with Crippen molar-refractivity contribution < 1.29 is 19.1 Å². The Balaban J connectivity index is 1.16. The molecule has 1 aliphatic carbocycles. The van der Waals surface area contributed by atoms with Crippen LogP contribution in [0.3, 0.4) is 0 Å². The van der Waals surface area contributed by atoms with Crippen molar-refractivity contribution in [2.75, 3.05) is 26.3 Å². The molecular weight excluding hydrogens is 418 g/mol. The number of likely N-dealkylation sites (tertiary alicyclic amines) is 1. The number of nitrogens with zero attached hydrogens (tertiary/aromatic N) is 2. The summed E-state index contributed by atoms with van der Waals surface area (Å²) in [6, 6.07) is 5.85. The van der Waals surface area contributed by atoms with Crippen molar-refractivity contribution in [3.05, 3.63) is 41.6 Å². The Kier molecular flexibility index (Phi) is 5.22. The fourth-order valence-corrected chi connectivity index (χ4v) is 6.31. The molecule has 6 rings (SSSR count). The molecule has 0 bridgehead atoms. The van der Waals surface area contributed by atoms with Gasteiger partial charge in [-0.1, -0.05) is 19.4 Å². The smallest absolute Gasteiger partial charge is 0.255 e. The molecule has 4 fully saturated rings. The van der Waals surface area contributed by atoms with Crippen LogP contribution in [0.15, 0.2) is 30.5 Å². The quantitative estimate of drug-likeness (QED) is 0.713. The summed E-state index contributed by atoms with van der Waals surface area (Å²) in [5.41, 5.74) is 2.78. The molecule has 1 N–H and O–H groups in total. The van der Waals surface area contributed by atoms with Crippen LogP contribution in [0.2, 0.25) is 0 Å². The Morgan fingerprint density at radius 2 is 1.91 bits per heavy atom. The van der Waals surface area contributed by atoms with E-state index in [2.05, 4.69) is 16.8 Å². The number of nitrogens with one attached hydrogen (secondary N) is 1. The van der Waals surface area contributed by atoms with Gasteiger partial charge in [0.25, 0.3) is 5.91 Å². The molecule has 4 heterocycles. The first-order valence-electron chi connectivity index (χ1n) is 12.4. The fraction of sp³-hybridized carbons (Fsp3) is 0.615. The van der Waals surface area contributed by atoms with Gasteiger partial charge in [-0.25, -0.2) is 0 Å². The number of piperidine rings is 1. The van der Waals surface area contributed by atoms with E-state index < -0.39 is 6.04 Å². The summed E-state index contributed by atoms with van der Waals surface area (Å²) in [6.45, 7) is 8.36. The second kappa shape index (κ2) is 8.13. The Bertz CT molecular complexity index is 980. The number of hydrogen-bond donors (Lipinski definition) is 1. The van der Waals surface area contributed by atoms with Crippen molar-refractivity contribution in [1.82, 2.24) is 15.1 Å². The topological polar surface area (TPSA) is 71.1 Å². The number of benzene rings is 1. The zero-order valence-corrected chi connectivity index (χ0v) is 19.2. The monoisotopic (exact) mass is 451 g/mol. The third-order valence-corrected chi connectivity index (χ3v) is 8.17. The van der Waals surface area contributed by atoms with Crippen LogP contribution in [-0.4, -0.2) is 66.1 Å². The summed E-state index contributed by atoms with van der Waals surface area (Å²) in [5, 5.41) is 2.80. The first-order valence-corrected chi connectivity index (χ1v) is 12.4. The Morgan fingerprint density at radius 1 is 1.09 bits per heavy atom. The molecule has 1 unspecified atom stereocenters. The van der Waals surface area contributed by atoms with Crippen molar-refractivity contribution in [1.29, 1.82) is 0 Å². The van der Waals surface area contributed by atoms with Crippen molar-refractivity contribution in [2.24, 2.45) is 5.41 Å². The van der Waals surface area contributed by atoms with Crippen molar-refractivity contribution in [2.45, 2.75) is 69.7 Å². The highest BCUT2D eigenvalue weighted by molar-refractivity contribution is 6.01. The maximum Gasteiger partial charge on any atom is 0.255 e. The van der Waals surface area contributed by atoms with Crippen LogP contribution < -0.4 is 10.1 Å². The van der Waals surface area contributed by atoms with E-state index in [1.165, 1.54) is 25.7 Å². The maximum absolute atomic E-state index is 13.0. The normalized spacial score (nSPS) is 31.5.